The minimum absolute atomic E-state index is 0.00510. The fourth-order valence-electron chi connectivity index (χ4n) is 4.01. The lowest BCUT2D eigenvalue weighted by Crippen LogP contribution is -2.29. The molecule has 2 aromatic heterocycles. The van der Waals surface area contributed by atoms with Gasteiger partial charge >= 0.3 is 0 Å². The SMILES string of the molecule is CC(C)(C)n1ccc([C@@H]2[C@@H](c3ccccn3)NC(=S)N2c2ccc3c(c2)OCO3)c1. The summed E-state index contributed by atoms with van der Waals surface area (Å²) in [5.74, 6) is 1.50. The number of ether oxygens (including phenoxy) is 2. The van der Waals surface area contributed by atoms with Crippen LogP contribution >= 0.6 is 12.2 Å². The molecule has 0 saturated carbocycles. The second-order valence-corrected chi connectivity index (χ2v) is 8.94. The zero-order valence-corrected chi connectivity index (χ0v) is 18.0. The summed E-state index contributed by atoms with van der Waals surface area (Å²) in [5.41, 5.74) is 3.08. The molecule has 0 spiro atoms. The molecule has 0 radical (unpaired) electrons. The van der Waals surface area contributed by atoms with Crippen molar-refractivity contribution in [1.29, 1.82) is 0 Å². The molecule has 4 heterocycles. The first kappa shape index (κ1) is 18.9. The van der Waals surface area contributed by atoms with E-state index >= 15 is 0 Å². The van der Waals surface area contributed by atoms with Gasteiger partial charge in [0, 0.05) is 35.9 Å². The molecule has 0 aliphatic carbocycles. The average molecular weight is 421 g/mol. The average Bonchev–Trinajstić information content (AvgIpc) is 3.45. The van der Waals surface area contributed by atoms with Crippen LogP contribution in [0.1, 0.15) is 44.1 Å². The molecule has 1 aromatic carbocycles. The molecule has 2 aliphatic rings. The van der Waals surface area contributed by atoms with Crippen LogP contribution in [-0.2, 0) is 5.54 Å². The Balaban J connectivity index is 1.61. The summed E-state index contributed by atoms with van der Waals surface area (Å²) in [7, 11) is 0. The van der Waals surface area contributed by atoms with Gasteiger partial charge in [-0.1, -0.05) is 6.07 Å². The highest BCUT2D eigenvalue weighted by molar-refractivity contribution is 7.80. The van der Waals surface area contributed by atoms with Gasteiger partial charge in [-0.25, -0.2) is 0 Å². The number of nitrogens with one attached hydrogen (secondary N) is 1. The van der Waals surface area contributed by atoms with Crippen LogP contribution in [-0.4, -0.2) is 21.5 Å². The van der Waals surface area contributed by atoms with Crippen molar-refractivity contribution in [2.75, 3.05) is 11.7 Å². The monoisotopic (exact) mass is 420 g/mol. The first-order chi connectivity index (χ1) is 14.4. The summed E-state index contributed by atoms with van der Waals surface area (Å²) >= 11 is 5.79. The summed E-state index contributed by atoms with van der Waals surface area (Å²) in [4.78, 5) is 6.76. The van der Waals surface area contributed by atoms with Gasteiger partial charge in [-0.3, -0.25) is 4.98 Å². The zero-order chi connectivity index (χ0) is 20.9. The van der Waals surface area contributed by atoms with Crippen molar-refractivity contribution in [3.63, 3.8) is 0 Å². The zero-order valence-electron chi connectivity index (χ0n) is 17.2. The van der Waals surface area contributed by atoms with E-state index in [1.165, 1.54) is 5.56 Å². The molecule has 1 fully saturated rings. The van der Waals surface area contributed by atoms with E-state index in [0.717, 1.165) is 22.9 Å². The van der Waals surface area contributed by atoms with Crippen LogP contribution in [0, 0.1) is 0 Å². The lowest BCUT2D eigenvalue weighted by Gasteiger charge is -2.28. The van der Waals surface area contributed by atoms with Gasteiger partial charge in [-0.2, -0.15) is 0 Å². The molecular formula is C23H24N4O2S. The van der Waals surface area contributed by atoms with E-state index < -0.39 is 0 Å². The highest BCUT2D eigenvalue weighted by Crippen LogP contribution is 2.44. The Bertz CT molecular complexity index is 1090. The maximum atomic E-state index is 5.79. The molecule has 6 nitrogen and oxygen atoms in total. The second-order valence-electron chi connectivity index (χ2n) is 8.56. The number of hydrogen-bond acceptors (Lipinski definition) is 4. The normalized spacial score (nSPS) is 20.5. The van der Waals surface area contributed by atoms with Crippen molar-refractivity contribution < 1.29 is 9.47 Å². The summed E-state index contributed by atoms with van der Waals surface area (Å²) in [6.45, 7) is 6.83. The molecule has 0 unspecified atom stereocenters. The number of anilines is 1. The van der Waals surface area contributed by atoms with Crippen molar-refractivity contribution in [2.45, 2.75) is 38.4 Å². The fourth-order valence-corrected chi connectivity index (χ4v) is 4.36. The predicted molar refractivity (Wildman–Crippen MR) is 120 cm³/mol. The van der Waals surface area contributed by atoms with Gasteiger partial charge in [0.15, 0.2) is 16.6 Å². The Morgan fingerprint density at radius 2 is 1.93 bits per heavy atom. The minimum atomic E-state index is -0.0695. The highest BCUT2D eigenvalue weighted by Gasteiger charge is 2.41. The van der Waals surface area contributed by atoms with Gasteiger partial charge in [0.2, 0.25) is 6.79 Å². The van der Waals surface area contributed by atoms with Crippen LogP contribution < -0.4 is 19.7 Å². The van der Waals surface area contributed by atoms with Crippen molar-refractivity contribution >= 4 is 23.0 Å². The van der Waals surface area contributed by atoms with Crippen LogP contribution in [0.25, 0.3) is 0 Å². The molecule has 2 aliphatic heterocycles. The minimum Gasteiger partial charge on any atom is -0.454 e. The van der Waals surface area contributed by atoms with E-state index in [1.807, 2.05) is 42.6 Å². The van der Waals surface area contributed by atoms with Crippen molar-refractivity contribution in [3.8, 4) is 11.5 Å². The molecule has 5 rings (SSSR count). The summed E-state index contributed by atoms with van der Waals surface area (Å²) in [6, 6.07) is 14.0. The van der Waals surface area contributed by atoms with Gasteiger partial charge in [-0.05, 0) is 68.9 Å². The molecular weight excluding hydrogens is 396 g/mol. The Morgan fingerprint density at radius 3 is 2.67 bits per heavy atom. The summed E-state index contributed by atoms with van der Waals surface area (Å²) in [6.07, 6.45) is 6.15. The van der Waals surface area contributed by atoms with Crippen LogP contribution in [0.2, 0.25) is 0 Å². The molecule has 0 bridgehead atoms. The standard InChI is InChI=1S/C23H24N4O2S/c1-23(2,3)26-11-9-15(13-26)21-20(17-6-4-5-10-24-17)25-22(30)27(21)16-7-8-18-19(12-16)29-14-28-18/h4-13,20-21H,14H2,1-3H3,(H,25,30)/t20-,21-/m1/s1. The molecule has 1 saturated heterocycles. The van der Waals surface area contributed by atoms with Gasteiger partial charge in [0.05, 0.1) is 17.8 Å². The predicted octanol–water partition coefficient (Wildman–Crippen LogP) is 4.54. The van der Waals surface area contributed by atoms with Crippen LogP contribution in [0.4, 0.5) is 5.69 Å². The number of benzene rings is 1. The first-order valence-corrected chi connectivity index (χ1v) is 10.4. The third kappa shape index (κ3) is 3.19. The van der Waals surface area contributed by atoms with E-state index in [-0.39, 0.29) is 24.4 Å². The quantitative estimate of drug-likeness (QED) is 0.628. The van der Waals surface area contributed by atoms with Crippen molar-refractivity contribution in [2.24, 2.45) is 0 Å². The molecule has 7 heteroatoms. The van der Waals surface area contributed by atoms with Crippen molar-refractivity contribution in [1.82, 2.24) is 14.9 Å². The highest BCUT2D eigenvalue weighted by atomic mass is 32.1. The van der Waals surface area contributed by atoms with E-state index in [2.05, 4.69) is 59.0 Å². The molecule has 154 valence electrons. The Labute approximate surface area is 181 Å². The maximum Gasteiger partial charge on any atom is 0.231 e. The smallest absolute Gasteiger partial charge is 0.231 e. The lowest BCUT2D eigenvalue weighted by atomic mass is 9.98. The number of aromatic nitrogens is 2. The maximum absolute atomic E-state index is 5.79. The summed E-state index contributed by atoms with van der Waals surface area (Å²) in [5, 5.41) is 4.16. The Hall–Kier alpha value is -3.06. The topological polar surface area (TPSA) is 51.6 Å². The van der Waals surface area contributed by atoms with Crippen molar-refractivity contribution in [3.05, 3.63) is 72.3 Å². The number of hydrogen-bond donors (Lipinski definition) is 1. The number of fused-ring (bicyclic) bond motifs is 1. The number of rotatable bonds is 3. The molecule has 3 aromatic rings. The first-order valence-electron chi connectivity index (χ1n) is 10.0. The van der Waals surface area contributed by atoms with E-state index in [9.17, 15) is 0 Å². The number of pyridine rings is 1. The fraction of sp³-hybridized carbons (Fsp3) is 0.304. The third-order valence-electron chi connectivity index (χ3n) is 5.56. The van der Waals surface area contributed by atoms with Gasteiger partial charge < -0.3 is 24.3 Å². The van der Waals surface area contributed by atoms with Gasteiger partial charge in [-0.15, -0.1) is 0 Å². The largest absolute Gasteiger partial charge is 0.454 e. The second kappa shape index (κ2) is 7.02. The molecule has 2 atom stereocenters. The third-order valence-corrected chi connectivity index (χ3v) is 5.88. The van der Waals surface area contributed by atoms with E-state index in [0.29, 0.717) is 5.11 Å². The number of nitrogens with zero attached hydrogens (tertiary/aromatic N) is 3. The molecule has 30 heavy (non-hydrogen) atoms. The lowest BCUT2D eigenvalue weighted by molar-refractivity contribution is 0.174. The molecule has 1 N–H and O–H groups in total. The Morgan fingerprint density at radius 1 is 1.10 bits per heavy atom. The Kier molecular flexibility index (Phi) is 4.43. The van der Waals surface area contributed by atoms with Crippen LogP contribution in [0.15, 0.2) is 61.1 Å². The van der Waals surface area contributed by atoms with Crippen LogP contribution in [0.3, 0.4) is 0 Å². The van der Waals surface area contributed by atoms with Crippen LogP contribution in [0.5, 0.6) is 11.5 Å². The number of thiocarbonyl (C=S) groups is 1. The van der Waals surface area contributed by atoms with E-state index in [4.69, 9.17) is 21.7 Å². The van der Waals surface area contributed by atoms with Gasteiger partial charge in [0.1, 0.15) is 0 Å². The summed E-state index contributed by atoms with van der Waals surface area (Å²) < 4.78 is 13.3. The van der Waals surface area contributed by atoms with E-state index in [1.54, 1.807) is 0 Å². The van der Waals surface area contributed by atoms with Gasteiger partial charge in [0.25, 0.3) is 0 Å². The molecule has 0 amide bonds.